The van der Waals surface area contributed by atoms with Crippen LogP contribution in [0.3, 0.4) is 0 Å². The van der Waals surface area contributed by atoms with Gasteiger partial charge in [0.15, 0.2) is 0 Å². The molecule has 0 fully saturated rings. The van der Waals surface area contributed by atoms with Gasteiger partial charge in [-0.15, -0.1) is 11.8 Å². The van der Waals surface area contributed by atoms with Crippen LogP contribution in [0.25, 0.3) is 10.8 Å². The maximum atomic E-state index is 3.94. The highest BCUT2D eigenvalue weighted by Crippen LogP contribution is 2.40. The average Bonchev–Trinajstić information content (AvgIpc) is 2.54. The Balaban J connectivity index is 2.22. The zero-order valence-electron chi connectivity index (χ0n) is 12.1. The molecule has 0 aliphatic carbocycles. The number of thioether (sulfide) groups is 1. The monoisotopic (exact) mass is 356 g/mol. The zero-order chi connectivity index (χ0) is 14.8. The van der Waals surface area contributed by atoms with Gasteiger partial charge in [-0.2, -0.15) is 0 Å². The van der Waals surface area contributed by atoms with Crippen LogP contribution in [0.1, 0.15) is 21.5 Å². The third-order valence-corrected chi connectivity index (χ3v) is 5.62. The van der Waals surface area contributed by atoms with Gasteiger partial charge in [-0.1, -0.05) is 70.5 Å². The molecular formula is C19H17BrS. The summed E-state index contributed by atoms with van der Waals surface area (Å²) in [7, 11) is 0. The van der Waals surface area contributed by atoms with Gasteiger partial charge < -0.3 is 0 Å². The van der Waals surface area contributed by atoms with E-state index in [4.69, 9.17) is 0 Å². The van der Waals surface area contributed by atoms with Crippen LogP contribution in [0.2, 0.25) is 0 Å². The Bertz CT molecular complexity index is 779. The van der Waals surface area contributed by atoms with E-state index in [0.29, 0.717) is 0 Å². The van der Waals surface area contributed by atoms with Crippen LogP contribution in [0.4, 0.5) is 0 Å². The molecule has 0 spiro atoms. The van der Waals surface area contributed by atoms with E-state index < -0.39 is 0 Å². The summed E-state index contributed by atoms with van der Waals surface area (Å²) in [5.41, 5.74) is 4.03. The number of aryl methyl sites for hydroxylation is 1. The molecule has 21 heavy (non-hydrogen) atoms. The Morgan fingerprint density at radius 3 is 2.43 bits per heavy atom. The van der Waals surface area contributed by atoms with Crippen molar-refractivity contribution >= 4 is 38.5 Å². The summed E-state index contributed by atoms with van der Waals surface area (Å²) in [6.45, 7) is 2.19. The second-order valence-corrected chi connectivity index (χ2v) is 6.89. The molecule has 0 bridgehead atoms. The second-order valence-electron chi connectivity index (χ2n) is 5.12. The first-order valence-corrected chi connectivity index (χ1v) is 9.11. The molecule has 0 aliphatic heterocycles. The van der Waals surface area contributed by atoms with Gasteiger partial charge in [0.05, 0.1) is 4.83 Å². The summed E-state index contributed by atoms with van der Waals surface area (Å²) in [6, 6.07) is 21.6. The molecule has 0 saturated heterocycles. The molecule has 0 aromatic heterocycles. The Kier molecular flexibility index (Phi) is 4.37. The Morgan fingerprint density at radius 2 is 1.62 bits per heavy atom. The minimum atomic E-state index is 0.215. The minimum Gasteiger partial charge on any atom is -0.129 e. The highest BCUT2D eigenvalue weighted by atomic mass is 79.9. The van der Waals surface area contributed by atoms with Crippen molar-refractivity contribution in [3.63, 3.8) is 0 Å². The number of fused-ring (bicyclic) bond motifs is 1. The molecule has 0 radical (unpaired) electrons. The number of hydrogen-bond donors (Lipinski definition) is 0. The quantitative estimate of drug-likeness (QED) is 0.388. The first kappa shape index (κ1) is 14.7. The standard InChI is InChI=1S/C19H17BrS/c1-13-11-12-14-7-3-4-8-15(14)18(13)19(20)16-9-5-6-10-17(16)21-2/h3-12,19H,1-2H3. The van der Waals surface area contributed by atoms with E-state index in [1.54, 1.807) is 11.8 Å². The van der Waals surface area contributed by atoms with Gasteiger partial charge in [-0.25, -0.2) is 0 Å². The van der Waals surface area contributed by atoms with E-state index in [1.807, 2.05) is 0 Å². The summed E-state index contributed by atoms with van der Waals surface area (Å²) >= 11 is 5.74. The van der Waals surface area contributed by atoms with Gasteiger partial charge >= 0.3 is 0 Å². The largest absolute Gasteiger partial charge is 0.129 e. The van der Waals surface area contributed by atoms with Crippen LogP contribution in [-0.2, 0) is 0 Å². The maximum absolute atomic E-state index is 3.94. The predicted molar refractivity (Wildman–Crippen MR) is 97.7 cm³/mol. The molecule has 0 aliphatic rings. The van der Waals surface area contributed by atoms with Crippen molar-refractivity contribution in [1.29, 1.82) is 0 Å². The summed E-state index contributed by atoms with van der Waals surface area (Å²) in [5, 5.41) is 2.62. The Morgan fingerprint density at radius 1 is 0.905 bits per heavy atom. The molecule has 1 unspecified atom stereocenters. The lowest BCUT2D eigenvalue weighted by Gasteiger charge is -2.19. The summed E-state index contributed by atoms with van der Waals surface area (Å²) in [5.74, 6) is 0. The van der Waals surface area contributed by atoms with Gasteiger partial charge in [-0.3, -0.25) is 0 Å². The molecule has 106 valence electrons. The molecule has 0 amide bonds. The minimum absolute atomic E-state index is 0.215. The van der Waals surface area contributed by atoms with Crippen molar-refractivity contribution < 1.29 is 0 Å². The topological polar surface area (TPSA) is 0 Å². The van der Waals surface area contributed by atoms with E-state index in [2.05, 4.69) is 89.8 Å². The van der Waals surface area contributed by atoms with E-state index in [9.17, 15) is 0 Å². The van der Waals surface area contributed by atoms with Crippen molar-refractivity contribution in [2.75, 3.05) is 6.26 Å². The van der Waals surface area contributed by atoms with Gasteiger partial charge in [0, 0.05) is 4.90 Å². The normalized spacial score (nSPS) is 12.5. The van der Waals surface area contributed by atoms with Gasteiger partial charge in [0.25, 0.3) is 0 Å². The van der Waals surface area contributed by atoms with Crippen molar-refractivity contribution in [3.05, 3.63) is 77.4 Å². The SMILES string of the molecule is CSc1ccccc1C(Br)c1c(C)ccc2ccccc12. The number of rotatable bonds is 3. The van der Waals surface area contributed by atoms with E-state index >= 15 is 0 Å². The van der Waals surface area contributed by atoms with Crippen LogP contribution in [0.15, 0.2) is 65.6 Å². The van der Waals surface area contributed by atoms with Crippen LogP contribution >= 0.6 is 27.7 Å². The van der Waals surface area contributed by atoms with E-state index in [-0.39, 0.29) is 4.83 Å². The molecule has 2 heteroatoms. The summed E-state index contributed by atoms with van der Waals surface area (Å²) in [6.07, 6.45) is 2.13. The number of halogens is 1. The third-order valence-electron chi connectivity index (χ3n) is 3.85. The first-order chi connectivity index (χ1) is 10.2. The van der Waals surface area contributed by atoms with Crippen LogP contribution in [0.5, 0.6) is 0 Å². The van der Waals surface area contributed by atoms with Gasteiger partial charge in [-0.05, 0) is 46.7 Å². The zero-order valence-corrected chi connectivity index (χ0v) is 14.5. The number of alkyl halides is 1. The lowest BCUT2D eigenvalue weighted by Crippen LogP contribution is -1.99. The van der Waals surface area contributed by atoms with Crippen molar-refractivity contribution in [3.8, 4) is 0 Å². The molecule has 1 atom stereocenters. The fourth-order valence-corrected chi connectivity index (χ4v) is 4.57. The first-order valence-electron chi connectivity index (χ1n) is 6.97. The van der Waals surface area contributed by atoms with E-state index in [0.717, 1.165) is 0 Å². The van der Waals surface area contributed by atoms with Crippen molar-refractivity contribution in [2.24, 2.45) is 0 Å². The second kappa shape index (κ2) is 6.25. The molecule has 0 N–H and O–H groups in total. The maximum Gasteiger partial charge on any atom is 0.0664 e. The summed E-state index contributed by atoms with van der Waals surface area (Å²) < 4.78 is 0. The van der Waals surface area contributed by atoms with Crippen molar-refractivity contribution in [1.82, 2.24) is 0 Å². The van der Waals surface area contributed by atoms with E-state index in [1.165, 1.54) is 32.4 Å². The Labute approximate surface area is 138 Å². The van der Waals surface area contributed by atoms with Gasteiger partial charge in [0.1, 0.15) is 0 Å². The number of hydrogen-bond acceptors (Lipinski definition) is 1. The molecule has 0 heterocycles. The van der Waals surface area contributed by atoms with Gasteiger partial charge in [0.2, 0.25) is 0 Å². The Hall–Kier alpha value is -1.25. The lowest BCUT2D eigenvalue weighted by molar-refractivity contribution is 1.11. The highest BCUT2D eigenvalue weighted by molar-refractivity contribution is 9.09. The molecule has 3 aromatic carbocycles. The summed E-state index contributed by atoms with van der Waals surface area (Å²) in [4.78, 5) is 1.54. The number of benzene rings is 3. The molecule has 0 saturated carbocycles. The third kappa shape index (κ3) is 2.75. The van der Waals surface area contributed by atoms with Crippen LogP contribution in [0, 0.1) is 6.92 Å². The highest BCUT2D eigenvalue weighted by Gasteiger charge is 2.18. The predicted octanol–water partition coefficient (Wildman–Crippen LogP) is 6.35. The molecule has 3 aromatic rings. The fourth-order valence-electron chi connectivity index (χ4n) is 2.77. The smallest absolute Gasteiger partial charge is 0.0664 e. The molecular weight excluding hydrogens is 340 g/mol. The molecule has 3 rings (SSSR count). The van der Waals surface area contributed by atoms with Crippen molar-refractivity contribution in [2.45, 2.75) is 16.6 Å². The lowest BCUT2D eigenvalue weighted by atomic mass is 9.94. The van der Waals surface area contributed by atoms with Crippen LogP contribution < -0.4 is 0 Å². The van der Waals surface area contributed by atoms with Crippen LogP contribution in [-0.4, -0.2) is 6.26 Å². The molecule has 0 nitrogen and oxygen atoms in total. The average molecular weight is 357 g/mol. The fraction of sp³-hybridized carbons (Fsp3) is 0.158.